The van der Waals surface area contributed by atoms with E-state index in [4.69, 9.17) is 0 Å². The lowest BCUT2D eigenvalue weighted by atomic mass is 10.0. The topological polar surface area (TPSA) is 65.5 Å². The molecule has 0 aromatic heterocycles. The Bertz CT molecular complexity index is 341. The van der Waals surface area contributed by atoms with Gasteiger partial charge in [0.1, 0.15) is 0 Å². The van der Waals surface area contributed by atoms with Crippen molar-refractivity contribution in [2.75, 3.05) is 20.1 Å². The maximum absolute atomic E-state index is 11.5. The Kier molecular flexibility index (Phi) is 13.5. The summed E-state index contributed by atoms with van der Waals surface area (Å²) in [6.07, 6.45) is 10.1. The van der Waals surface area contributed by atoms with E-state index >= 15 is 0 Å². The van der Waals surface area contributed by atoms with Gasteiger partial charge in [-0.3, -0.25) is 9.79 Å². The van der Waals surface area contributed by atoms with Crippen LogP contribution < -0.4 is 16.0 Å². The number of carbonyl (C=O) groups excluding carboxylic acids is 1. The Morgan fingerprint density at radius 1 is 1.13 bits per heavy atom. The standard InChI is InChI=1S/C17H34N4O.HI/c1-14(2)21-16(22)11-13-20-17(18-3)19-12-7-6-10-15-8-4-5-9-15;/h14-15H,4-13H2,1-3H3,(H,21,22)(H2,18,19,20);1H. The predicted octanol–water partition coefficient (Wildman–Crippen LogP) is 3.04. The van der Waals surface area contributed by atoms with Gasteiger partial charge in [0.15, 0.2) is 5.96 Å². The monoisotopic (exact) mass is 438 g/mol. The van der Waals surface area contributed by atoms with Crippen molar-refractivity contribution in [1.82, 2.24) is 16.0 Å². The van der Waals surface area contributed by atoms with Crippen molar-refractivity contribution in [2.45, 2.75) is 71.3 Å². The second kappa shape index (κ2) is 13.9. The average molecular weight is 438 g/mol. The van der Waals surface area contributed by atoms with Crippen LogP contribution >= 0.6 is 24.0 Å². The van der Waals surface area contributed by atoms with Gasteiger partial charge in [-0.2, -0.15) is 0 Å². The number of nitrogens with one attached hydrogen (secondary N) is 3. The molecule has 0 unspecified atom stereocenters. The number of halogens is 1. The number of unbranched alkanes of at least 4 members (excludes halogenated alkanes) is 1. The lowest BCUT2D eigenvalue weighted by molar-refractivity contribution is -0.121. The first kappa shape index (κ1) is 22.5. The first-order valence-corrected chi connectivity index (χ1v) is 8.85. The van der Waals surface area contributed by atoms with Gasteiger partial charge in [0.05, 0.1) is 0 Å². The summed E-state index contributed by atoms with van der Waals surface area (Å²) in [7, 11) is 1.77. The molecule has 1 amide bonds. The van der Waals surface area contributed by atoms with Crippen molar-refractivity contribution in [2.24, 2.45) is 10.9 Å². The van der Waals surface area contributed by atoms with Crippen molar-refractivity contribution < 1.29 is 4.79 Å². The summed E-state index contributed by atoms with van der Waals surface area (Å²) in [4.78, 5) is 15.7. The minimum Gasteiger partial charge on any atom is -0.356 e. The molecule has 23 heavy (non-hydrogen) atoms. The van der Waals surface area contributed by atoms with Crippen molar-refractivity contribution >= 4 is 35.8 Å². The molecule has 0 aromatic rings. The van der Waals surface area contributed by atoms with Gasteiger partial charge in [-0.15, -0.1) is 24.0 Å². The molecule has 0 aliphatic heterocycles. The maximum atomic E-state index is 11.5. The molecule has 0 saturated heterocycles. The number of guanidine groups is 1. The van der Waals surface area contributed by atoms with Gasteiger partial charge in [0.25, 0.3) is 0 Å². The average Bonchev–Trinajstić information content (AvgIpc) is 2.97. The van der Waals surface area contributed by atoms with E-state index in [-0.39, 0.29) is 35.9 Å². The van der Waals surface area contributed by atoms with E-state index in [1.807, 2.05) is 13.8 Å². The predicted molar refractivity (Wildman–Crippen MR) is 108 cm³/mol. The van der Waals surface area contributed by atoms with Crippen LogP contribution in [0.4, 0.5) is 0 Å². The smallest absolute Gasteiger partial charge is 0.221 e. The number of hydrogen-bond acceptors (Lipinski definition) is 2. The molecular formula is C17H35IN4O. The minimum atomic E-state index is 0. The highest BCUT2D eigenvalue weighted by molar-refractivity contribution is 14.0. The molecule has 5 nitrogen and oxygen atoms in total. The number of nitrogens with zero attached hydrogens (tertiary/aromatic N) is 1. The molecule has 1 saturated carbocycles. The zero-order valence-corrected chi connectivity index (χ0v) is 17.3. The highest BCUT2D eigenvalue weighted by Gasteiger charge is 2.13. The van der Waals surface area contributed by atoms with E-state index in [2.05, 4.69) is 20.9 Å². The van der Waals surface area contributed by atoms with Crippen LogP contribution in [0.1, 0.15) is 65.2 Å². The molecule has 0 heterocycles. The van der Waals surface area contributed by atoms with Crippen LogP contribution in [0.5, 0.6) is 0 Å². The van der Waals surface area contributed by atoms with Gasteiger partial charge in [0.2, 0.25) is 5.91 Å². The zero-order valence-electron chi connectivity index (χ0n) is 15.0. The van der Waals surface area contributed by atoms with E-state index in [1.54, 1.807) is 7.05 Å². The number of amides is 1. The van der Waals surface area contributed by atoms with Crippen LogP contribution in [0.2, 0.25) is 0 Å². The summed E-state index contributed by atoms with van der Waals surface area (Å²) < 4.78 is 0. The summed E-state index contributed by atoms with van der Waals surface area (Å²) in [6.45, 7) is 5.50. The maximum Gasteiger partial charge on any atom is 0.221 e. The van der Waals surface area contributed by atoms with E-state index in [1.165, 1.54) is 44.9 Å². The van der Waals surface area contributed by atoms with E-state index < -0.39 is 0 Å². The third-order valence-electron chi connectivity index (χ3n) is 4.12. The molecule has 1 aliphatic rings. The third-order valence-corrected chi connectivity index (χ3v) is 4.12. The minimum absolute atomic E-state index is 0. The molecule has 0 radical (unpaired) electrons. The lowest BCUT2D eigenvalue weighted by Crippen LogP contribution is -2.40. The molecule has 1 fully saturated rings. The lowest BCUT2D eigenvalue weighted by Gasteiger charge is -2.13. The van der Waals surface area contributed by atoms with Gasteiger partial charge >= 0.3 is 0 Å². The van der Waals surface area contributed by atoms with E-state index in [9.17, 15) is 4.79 Å². The molecule has 3 N–H and O–H groups in total. The summed E-state index contributed by atoms with van der Waals surface area (Å²) in [5.74, 6) is 1.85. The first-order chi connectivity index (χ1) is 10.6. The van der Waals surface area contributed by atoms with Gasteiger partial charge in [0, 0.05) is 32.6 Å². The molecule has 6 heteroatoms. The van der Waals surface area contributed by atoms with Crippen molar-refractivity contribution in [3.8, 4) is 0 Å². The van der Waals surface area contributed by atoms with Crippen molar-refractivity contribution in [1.29, 1.82) is 0 Å². The molecule has 0 atom stereocenters. The Hall–Kier alpha value is -0.530. The highest BCUT2D eigenvalue weighted by Crippen LogP contribution is 2.28. The van der Waals surface area contributed by atoms with Gasteiger partial charge < -0.3 is 16.0 Å². The molecule has 1 aliphatic carbocycles. The van der Waals surface area contributed by atoms with E-state index in [0.717, 1.165) is 18.4 Å². The fraction of sp³-hybridized carbons (Fsp3) is 0.882. The SMILES string of the molecule is CN=C(NCCCCC1CCCC1)NCCC(=O)NC(C)C.I. The Balaban J connectivity index is 0.00000484. The van der Waals surface area contributed by atoms with Crippen molar-refractivity contribution in [3.05, 3.63) is 0 Å². The Morgan fingerprint density at radius 2 is 1.78 bits per heavy atom. The molecule has 1 rings (SSSR count). The van der Waals surface area contributed by atoms with Crippen molar-refractivity contribution in [3.63, 3.8) is 0 Å². The Labute approximate surface area is 158 Å². The molecule has 0 spiro atoms. The highest BCUT2D eigenvalue weighted by atomic mass is 127. The van der Waals surface area contributed by atoms with Gasteiger partial charge in [-0.1, -0.05) is 38.5 Å². The number of rotatable bonds is 9. The van der Waals surface area contributed by atoms with Crippen LogP contribution in [0, 0.1) is 5.92 Å². The summed E-state index contributed by atoms with van der Waals surface area (Å²) in [5.41, 5.74) is 0. The Morgan fingerprint density at radius 3 is 2.39 bits per heavy atom. The van der Waals surface area contributed by atoms with Gasteiger partial charge in [-0.25, -0.2) is 0 Å². The molecule has 0 bridgehead atoms. The van der Waals surface area contributed by atoms with Crippen LogP contribution in [-0.4, -0.2) is 38.0 Å². The fourth-order valence-corrected chi connectivity index (χ4v) is 2.97. The second-order valence-corrected chi connectivity index (χ2v) is 6.54. The van der Waals surface area contributed by atoms with Crippen LogP contribution in [0.3, 0.4) is 0 Å². The largest absolute Gasteiger partial charge is 0.356 e. The first-order valence-electron chi connectivity index (χ1n) is 8.85. The number of aliphatic imine (C=N–C) groups is 1. The summed E-state index contributed by atoms with van der Waals surface area (Å²) >= 11 is 0. The summed E-state index contributed by atoms with van der Waals surface area (Å²) in [6, 6.07) is 0.199. The normalized spacial score (nSPS) is 15.4. The zero-order chi connectivity index (χ0) is 16.2. The molecule has 0 aromatic carbocycles. The van der Waals surface area contributed by atoms with Crippen LogP contribution in [-0.2, 0) is 4.79 Å². The van der Waals surface area contributed by atoms with Crippen LogP contribution in [0.15, 0.2) is 4.99 Å². The number of carbonyl (C=O) groups is 1. The molecule has 136 valence electrons. The van der Waals surface area contributed by atoms with Gasteiger partial charge in [-0.05, 0) is 26.2 Å². The third kappa shape index (κ3) is 11.6. The van der Waals surface area contributed by atoms with E-state index in [0.29, 0.717) is 13.0 Å². The quantitative estimate of drug-likeness (QED) is 0.224. The fourth-order valence-electron chi connectivity index (χ4n) is 2.97. The second-order valence-electron chi connectivity index (χ2n) is 6.54. The summed E-state index contributed by atoms with van der Waals surface area (Å²) in [5, 5.41) is 9.38. The molecular weight excluding hydrogens is 403 g/mol. The number of hydrogen-bond donors (Lipinski definition) is 3. The van der Waals surface area contributed by atoms with Crippen LogP contribution in [0.25, 0.3) is 0 Å².